The zero-order valence-corrected chi connectivity index (χ0v) is 10.1. The van der Waals surface area contributed by atoms with Crippen LogP contribution < -0.4 is 5.32 Å². The summed E-state index contributed by atoms with van der Waals surface area (Å²) < 4.78 is 1.34. The second-order valence-electron chi connectivity index (χ2n) is 3.81. The third-order valence-electron chi connectivity index (χ3n) is 2.60. The van der Waals surface area contributed by atoms with E-state index in [1.807, 2.05) is 6.92 Å². The van der Waals surface area contributed by atoms with Gasteiger partial charge in [-0.1, -0.05) is 18.2 Å². The van der Waals surface area contributed by atoms with E-state index in [9.17, 15) is 0 Å². The Kier molecular flexibility index (Phi) is 3.55. The Morgan fingerprint density at radius 3 is 3.06 bits per heavy atom. The normalized spacial score (nSPS) is 12.5. The number of rotatable bonds is 4. The molecule has 2 rings (SSSR count). The van der Waals surface area contributed by atoms with Crippen molar-refractivity contribution in [3.63, 3.8) is 0 Å². The van der Waals surface area contributed by atoms with E-state index in [1.54, 1.807) is 11.3 Å². The van der Waals surface area contributed by atoms with Crippen LogP contribution in [0.3, 0.4) is 0 Å². The topological polar surface area (TPSA) is 35.8 Å². The maximum Gasteiger partial charge on any atom is 0.0924 e. The highest BCUT2D eigenvalue weighted by Crippen LogP contribution is 2.25. The van der Waals surface area contributed by atoms with E-state index in [0.29, 0.717) is 0 Å². The summed E-state index contributed by atoms with van der Waals surface area (Å²) in [5, 5.41) is 15.4. The van der Waals surface area contributed by atoms with Crippen molar-refractivity contribution in [2.75, 3.05) is 6.54 Å². The molecule has 0 amide bonds. The Balaban J connectivity index is 2.02. The fraction of sp³-hybridized carbons (Fsp3) is 0.308. The molecule has 82 valence electrons. The molecule has 1 aromatic carbocycles. The zero-order valence-electron chi connectivity index (χ0n) is 9.23. The fourth-order valence-corrected chi connectivity index (χ4v) is 2.69. The molecule has 1 unspecified atom stereocenters. The second kappa shape index (κ2) is 5.11. The van der Waals surface area contributed by atoms with Gasteiger partial charge in [0.05, 0.1) is 12.1 Å². The third kappa shape index (κ3) is 2.41. The minimum Gasteiger partial charge on any atom is -0.302 e. The molecule has 16 heavy (non-hydrogen) atoms. The van der Waals surface area contributed by atoms with Crippen LogP contribution in [0.1, 0.15) is 12.5 Å². The van der Waals surface area contributed by atoms with Crippen LogP contribution >= 0.6 is 11.3 Å². The molecule has 1 atom stereocenters. The van der Waals surface area contributed by atoms with Gasteiger partial charge in [-0.3, -0.25) is 0 Å². The number of hydrogen-bond acceptors (Lipinski definition) is 3. The van der Waals surface area contributed by atoms with Crippen molar-refractivity contribution < 1.29 is 0 Å². The molecule has 0 saturated heterocycles. The molecule has 0 saturated carbocycles. The molecule has 3 heteroatoms. The Hall–Kier alpha value is -1.37. The summed E-state index contributed by atoms with van der Waals surface area (Å²) in [6.07, 6.45) is 0.982. The summed E-state index contributed by atoms with van der Waals surface area (Å²) in [4.78, 5) is 0. The number of nitriles is 1. The highest BCUT2D eigenvalue weighted by Gasteiger charge is 2.03. The van der Waals surface area contributed by atoms with Crippen LogP contribution in [0.5, 0.6) is 0 Å². The smallest absolute Gasteiger partial charge is 0.0924 e. The van der Waals surface area contributed by atoms with Crippen LogP contribution in [0.4, 0.5) is 0 Å². The average molecular weight is 230 g/mol. The van der Waals surface area contributed by atoms with Gasteiger partial charge in [-0.25, -0.2) is 0 Å². The van der Waals surface area contributed by atoms with Crippen LogP contribution in [0, 0.1) is 11.3 Å². The number of thiophene rings is 1. The van der Waals surface area contributed by atoms with Crippen molar-refractivity contribution in [3.8, 4) is 6.07 Å². The molecular formula is C13H14N2S. The number of nitrogens with one attached hydrogen (secondary N) is 1. The number of hydrogen-bond donors (Lipinski definition) is 1. The summed E-state index contributed by atoms with van der Waals surface area (Å²) in [6, 6.07) is 10.6. The molecule has 0 aliphatic heterocycles. The quantitative estimate of drug-likeness (QED) is 0.876. The predicted molar refractivity (Wildman–Crippen MR) is 68.6 cm³/mol. The lowest BCUT2D eigenvalue weighted by molar-refractivity contribution is 0.642. The molecule has 0 aliphatic carbocycles. The molecule has 0 fully saturated rings. The lowest BCUT2D eigenvalue weighted by Gasteiger charge is -2.04. The maximum absolute atomic E-state index is 8.65. The van der Waals surface area contributed by atoms with Crippen molar-refractivity contribution in [2.24, 2.45) is 0 Å². The van der Waals surface area contributed by atoms with Gasteiger partial charge < -0.3 is 5.32 Å². The molecule has 2 nitrogen and oxygen atoms in total. The first-order chi connectivity index (χ1) is 7.81. The van der Waals surface area contributed by atoms with Crippen LogP contribution in [0.15, 0.2) is 29.6 Å². The highest BCUT2D eigenvalue weighted by atomic mass is 32.1. The van der Waals surface area contributed by atoms with Gasteiger partial charge in [0.15, 0.2) is 0 Å². The van der Waals surface area contributed by atoms with E-state index in [4.69, 9.17) is 5.26 Å². The third-order valence-corrected chi connectivity index (χ3v) is 3.61. The summed E-state index contributed by atoms with van der Waals surface area (Å²) in [7, 11) is 0. The molecule has 2 aromatic rings. The molecule has 1 heterocycles. The average Bonchev–Trinajstić information content (AvgIpc) is 2.73. The van der Waals surface area contributed by atoms with E-state index in [0.717, 1.165) is 13.0 Å². The minimum atomic E-state index is -0.0649. The van der Waals surface area contributed by atoms with E-state index < -0.39 is 0 Å². The fourth-order valence-electron chi connectivity index (χ4n) is 1.70. The van der Waals surface area contributed by atoms with E-state index in [1.165, 1.54) is 15.6 Å². The molecule has 0 spiro atoms. The van der Waals surface area contributed by atoms with Gasteiger partial charge in [0.2, 0.25) is 0 Å². The Morgan fingerprint density at radius 1 is 1.44 bits per heavy atom. The lowest BCUT2D eigenvalue weighted by Crippen LogP contribution is -2.26. The molecule has 0 aliphatic rings. The lowest BCUT2D eigenvalue weighted by atomic mass is 10.1. The SMILES string of the molecule is CC(C#N)NCCc1csc2ccccc12. The van der Waals surface area contributed by atoms with E-state index in [2.05, 4.69) is 41.0 Å². The summed E-state index contributed by atoms with van der Waals surface area (Å²) in [5.41, 5.74) is 1.37. The number of fused-ring (bicyclic) bond motifs is 1. The maximum atomic E-state index is 8.65. The molecule has 1 N–H and O–H groups in total. The highest BCUT2D eigenvalue weighted by molar-refractivity contribution is 7.17. The van der Waals surface area contributed by atoms with Crippen molar-refractivity contribution in [2.45, 2.75) is 19.4 Å². The first-order valence-electron chi connectivity index (χ1n) is 5.39. The Bertz CT molecular complexity index is 510. The predicted octanol–water partition coefficient (Wildman–Crippen LogP) is 2.95. The second-order valence-corrected chi connectivity index (χ2v) is 4.72. The van der Waals surface area contributed by atoms with Crippen molar-refractivity contribution >= 4 is 21.4 Å². The Labute approximate surface area is 99.5 Å². The van der Waals surface area contributed by atoms with E-state index >= 15 is 0 Å². The van der Waals surface area contributed by atoms with Gasteiger partial charge in [-0.05, 0) is 35.7 Å². The minimum absolute atomic E-state index is 0.0649. The van der Waals surface area contributed by atoms with Gasteiger partial charge in [0.1, 0.15) is 0 Å². The van der Waals surface area contributed by atoms with Gasteiger partial charge in [0, 0.05) is 11.2 Å². The summed E-state index contributed by atoms with van der Waals surface area (Å²) in [6.45, 7) is 2.74. The standard InChI is InChI=1S/C13H14N2S/c1-10(8-14)15-7-6-11-9-16-13-5-3-2-4-12(11)13/h2-5,9-10,15H,6-7H2,1H3. The molecule has 0 bridgehead atoms. The summed E-state index contributed by atoms with van der Waals surface area (Å²) in [5.74, 6) is 0. The molecular weight excluding hydrogens is 216 g/mol. The van der Waals surface area contributed by atoms with Crippen LogP contribution in [0.2, 0.25) is 0 Å². The monoisotopic (exact) mass is 230 g/mol. The van der Waals surface area contributed by atoms with Gasteiger partial charge in [-0.15, -0.1) is 11.3 Å². The first kappa shape index (κ1) is 11.1. The Morgan fingerprint density at radius 2 is 2.25 bits per heavy atom. The first-order valence-corrected chi connectivity index (χ1v) is 6.27. The van der Waals surface area contributed by atoms with Crippen LogP contribution in [-0.2, 0) is 6.42 Å². The summed E-state index contributed by atoms with van der Waals surface area (Å²) >= 11 is 1.79. The number of nitrogens with zero attached hydrogens (tertiary/aromatic N) is 1. The largest absolute Gasteiger partial charge is 0.302 e. The number of benzene rings is 1. The van der Waals surface area contributed by atoms with Gasteiger partial charge in [-0.2, -0.15) is 5.26 Å². The van der Waals surface area contributed by atoms with Crippen LogP contribution in [-0.4, -0.2) is 12.6 Å². The molecule has 0 radical (unpaired) electrons. The van der Waals surface area contributed by atoms with Crippen molar-refractivity contribution in [1.82, 2.24) is 5.32 Å². The van der Waals surface area contributed by atoms with Crippen molar-refractivity contribution in [3.05, 3.63) is 35.2 Å². The van der Waals surface area contributed by atoms with Crippen molar-refractivity contribution in [1.29, 1.82) is 5.26 Å². The van der Waals surface area contributed by atoms with Crippen LogP contribution in [0.25, 0.3) is 10.1 Å². The zero-order chi connectivity index (χ0) is 11.4. The van der Waals surface area contributed by atoms with Gasteiger partial charge in [0.25, 0.3) is 0 Å². The molecule has 1 aromatic heterocycles. The van der Waals surface area contributed by atoms with E-state index in [-0.39, 0.29) is 6.04 Å². The van der Waals surface area contributed by atoms with Gasteiger partial charge >= 0.3 is 0 Å².